The molecular weight excluding hydrogens is 366 g/mol. The number of piperazine rings is 1. The standard InChI is InChI=1S/C19H25N3O2S2/c1-14(26-18-6-4-17(24-3)5-7-18)19(23)22-10-8-21(9-11-22)12-16-13-25-15(2)20-16/h4-7,13-14H,8-12H2,1-3H3. The summed E-state index contributed by atoms with van der Waals surface area (Å²) in [5.41, 5.74) is 1.13. The van der Waals surface area contributed by atoms with E-state index in [0.717, 1.165) is 54.1 Å². The van der Waals surface area contributed by atoms with Gasteiger partial charge < -0.3 is 9.64 Å². The number of aromatic nitrogens is 1. The molecule has 1 aliphatic heterocycles. The third-order valence-corrected chi connectivity index (χ3v) is 6.38. The van der Waals surface area contributed by atoms with Gasteiger partial charge in [-0.15, -0.1) is 23.1 Å². The van der Waals surface area contributed by atoms with Gasteiger partial charge in [-0.2, -0.15) is 0 Å². The van der Waals surface area contributed by atoms with E-state index >= 15 is 0 Å². The van der Waals surface area contributed by atoms with Gasteiger partial charge in [0.1, 0.15) is 5.75 Å². The van der Waals surface area contributed by atoms with Crippen molar-refractivity contribution in [2.24, 2.45) is 0 Å². The minimum Gasteiger partial charge on any atom is -0.497 e. The average Bonchev–Trinajstić information content (AvgIpc) is 3.07. The first-order chi connectivity index (χ1) is 12.5. The normalized spacial score (nSPS) is 16.5. The fourth-order valence-electron chi connectivity index (χ4n) is 3.00. The number of thiazole rings is 1. The van der Waals surface area contributed by atoms with E-state index in [1.807, 2.05) is 43.0 Å². The van der Waals surface area contributed by atoms with Crippen LogP contribution in [0.5, 0.6) is 5.75 Å². The highest BCUT2D eigenvalue weighted by atomic mass is 32.2. The molecule has 1 aliphatic rings. The number of ether oxygens (including phenoxy) is 1. The van der Waals surface area contributed by atoms with Crippen LogP contribution in [0.3, 0.4) is 0 Å². The van der Waals surface area contributed by atoms with E-state index in [1.165, 1.54) is 0 Å². The highest BCUT2D eigenvalue weighted by Gasteiger charge is 2.25. The van der Waals surface area contributed by atoms with E-state index in [1.54, 1.807) is 30.2 Å². The van der Waals surface area contributed by atoms with Gasteiger partial charge in [-0.3, -0.25) is 9.69 Å². The first-order valence-electron chi connectivity index (χ1n) is 8.78. The van der Waals surface area contributed by atoms with Crippen molar-refractivity contribution in [3.05, 3.63) is 40.3 Å². The molecule has 5 nitrogen and oxygen atoms in total. The zero-order chi connectivity index (χ0) is 18.5. The Morgan fingerprint density at radius 2 is 1.96 bits per heavy atom. The van der Waals surface area contributed by atoms with Crippen LogP contribution in [-0.2, 0) is 11.3 Å². The summed E-state index contributed by atoms with van der Waals surface area (Å²) in [4.78, 5) is 22.7. The first kappa shape index (κ1) is 19.2. The van der Waals surface area contributed by atoms with Crippen LogP contribution in [0.25, 0.3) is 0 Å². The van der Waals surface area contributed by atoms with Gasteiger partial charge in [0.2, 0.25) is 5.91 Å². The molecule has 26 heavy (non-hydrogen) atoms. The quantitative estimate of drug-likeness (QED) is 0.707. The number of rotatable bonds is 6. The van der Waals surface area contributed by atoms with Crippen LogP contribution >= 0.6 is 23.1 Å². The molecule has 0 aliphatic carbocycles. The number of hydrogen-bond donors (Lipinski definition) is 0. The summed E-state index contributed by atoms with van der Waals surface area (Å²) in [5.74, 6) is 1.05. The summed E-state index contributed by atoms with van der Waals surface area (Å²) in [6.07, 6.45) is 0. The number of thioether (sulfide) groups is 1. The van der Waals surface area contributed by atoms with Gasteiger partial charge in [0.05, 0.1) is 23.1 Å². The van der Waals surface area contributed by atoms with Gasteiger partial charge in [-0.05, 0) is 38.1 Å². The van der Waals surface area contributed by atoms with Crippen molar-refractivity contribution in [3.8, 4) is 5.75 Å². The van der Waals surface area contributed by atoms with Gasteiger partial charge in [0.15, 0.2) is 0 Å². The smallest absolute Gasteiger partial charge is 0.235 e. The molecule has 140 valence electrons. The van der Waals surface area contributed by atoms with Crippen molar-refractivity contribution in [3.63, 3.8) is 0 Å². The molecule has 0 saturated carbocycles. The van der Waals surface area contributed by atoms with Gasteiger partial charge >= 0.3 is 0 Å². The van der Waals surface area contributed by atoms with Crippen LogP contribution in [-0.4, -0.2) is 59.2 Å². The minimum absolute atomic E-state index is 0.0869. The predicted molar refractivity (Wildman–Crippen MR) is 107 cm³/mol. The number of hydrogen-bond acceptors (Lipinski definition) is 6. The van der Waals surface area contributed by atoms with Crippen molar-refractivity contribution in [1.82, 2.24) is 14.8 Å². The maximum atomic E-state index is 12.7. The minimum atomic E-state index is -0.0869. The van der Waals surface area contributed by atoms with Crippen LogP contribution in [0, 0.1) is 6.92 Å². The summed E-state index contributed by atoms with van der Waals surface area (Å²) in [7, 11) is 1.66. The van der Waals surface area contributed by atoms with Crippen molar-refractivity contribution in [2.75, 3.05) is 33.3 Å². The summed E-state index contributed by atoms with van der Waals surface area (Å²) in [6.45, 7) is 8.28. The molecule has 1 saturated heterocycles. The van der Waals surface area contributed by atoms with E-state index < -0.39 is 0 Å². The predicted octanol–water partition coefficient (Wildman–Crippen LogP) is 3.29. The van der Waals surface area contributed by atoms with E-state index in [0.29, 0.717) is 0 Å². The number of aryl methyl sites for hydroxylation is 1. The van der Waals surface area contributed by atoms with Crippen molar-refractivity contribution in [2.45, 2.75) is 30.5 Å². The van der Waals surface area contributed by atoms with Crippen molar-refractivity contribution < 1.29 is 9.53 Å². The fourth-order valence-corrected chi connectivity index (χ4v) is 4.56. The Morgan fingerprint density at radius 3 is 2.54 bits per heavy atom. The third kappa shape index (κ3) is 4.99. The lowest BCUT2D eigenvalue weighted by Gasteiger charge is -2.35. The molecule has 0 bridgehead atoms. The molecule has 1 atom stereocenters. The van der Waals surface area contributed by atoms with Crippen LogP contribution < -0.4 is 4.74 Å². The molecule has 1 amide bonds. The van der Waals surface area contributed by atoms with Crippen molar-refractivity contribution >= 4 is 29.0 Å². The van der Waals surface area contributed by atoms with Crippen LogP contribution in [0.2, 0.25) is 0 Å². The molecule has 0 N–H and O–H groups in total. The maximum absolute atomic E-state index is 12.7. The van der Waals surface area contributed by atoms with Crippen molar-refractivity contribution in [1.29, 1.82) is 0 Å². The molecule has 1 unspecified atom stereocenters. The van der Waals surface area contributed by atoms with Gasteiger partial charge in [0.25, 0.3) is 0 Å². The number of amides is 1. The Balaban J connectivity index is 1.47. The molecule has 0 radical (unpaired) electrons. The highest BCUT2D eigenvalue weighted by Crippen LogP contribution is 2.26. The van der Waals surface area contributed by atoms with E-state index in [2.05, 4.69) is 15.3 Å². The SMILES string of the molecule is COc1ccc(SC(C)C(=O)N2CCN(Cc3csc(C)n3)CC2)cc1. The first-order valence-corrected chi connectivity index (χ1v) is 10.5. The summed E-state index contributed by atoms with van der Waals surface area (Å²) >= 11 is 3.29. The molecule has 7 heteroatoms. The van der Waals surface area contributed by atoms with Crippen LogP contribution in [0.4, 0.5) is 0 Å². The zero-order valence-electron chi connectivity index (χ0n) is 15.5. The monoisotopic (exact) mass is 391 g/mol. The molecule has 3 rings (SSSR count). The Hall–Kier alpha value is -1.57. The summed E-state index contributed by atoms with van der Waals surface area (Å²) in [5, 5.41) is 3.15. The molecule has 2 heterocycles. The van der Waals surface area contributed by atoms with Gasteiger partial charge in [0, 0.05) is 43.0 Å². The molecule has 1 aromatic heterocycles. The second-order valence-electron chi connectivity index (χ2n) is 6.39. The Morgan fingerprint density at radius 1 is 1.27 bits per heavy atom. The summed E-state index contributed by atoms with van der Waals surface area (Å²) in [6, 6.07) is 7.86. The fraction of sp³-hybridized carbons (Fsp3) is 0.474. The lowest BCUT2D eigenvalue weighted by atomic mass is 10.2. The van der Waals surface area contributed by atoms with Gasteiger partial charge in [-0.1, -0.05) is 0 Å². The number of carbonyl (C=O) groups excluding carboxylic acids is 1. The van der Waals surface area contributed by atoms with E-state index in [-0.39, 0.29) is 11.2 Å². The largest absolute Gasteiger partial charge is 0.497 e. The molecular formula is C19H25N3O2S2. The second-order valence-corrected chi connectivity index (χ2v) is 8.87. The lowest BCUT2D eigenvalue weighted by Crippen LogP contribution is -2.50. The van der Waals surface area contributed by atoms with E-state index in [4.69, 9.17) is 4.74 Å². The Labute approximate surface area is 163 Å². The van der Waals surface area contributed by atoms with E-state index in [9.17, 15) is 4.79 Å². The molecule has 1 aromatic carbocycles. The molecule has 0 spiro atoms. The zero-order valence-corrected chi connectivity index (χ0v) is 17.1. The topological polar surface area (TPSA) is 45.7 Å². The molecule has 1 fully saturated rings. The van der Waals surface area contributed by atoms with Crippen LogP contribution in [0.1, 0.15) is 17.6 Å². The average molecular weight is 392 g/mol. The Kier molecular flexibility index (Phi) is 6.56. The lowest BCUT2D eigenvalue weighted by molar-refractivity contribution is -0.132. The Bertz CT molecular complexity index is 725. The third-order valence-electron chi connectivity index (χ3n) is 4.46. The highest BCUT2D eigenvalue weighted by molar-refractivity contribution is 8.00. The summed E-state index contributed by atoms with van der Waals surface area (Å²) < 4.78 is 5.18. The number of benzene rings is 1. The maximum Gasteiger partial charge on any atom is 0.235 e. The molecule has 2 aromatic rings. The number of methoxy groups -OCH3 is 1. The van der Waals surface area contributed by atoms with Crippen LogP contribution in [0.15, 0.2) is 34.5 Å². The number of carbonyl (C=O) groups is 1. The second kappa shape index (κ2) is 8.88. The number of nitrogens with zero attached hydrogens (tertiary/aromatic N) is 3. The van der Waals surface area contributed by atoms with Gasteiger partial charge in [-0.25, -0.2) is 4.98 Å².